The summed E-state index contributed by atoms with van der Waals surface area (Å²) >= 11 is 16.6. The number of halogens is 3. The van der Waals surface area contributed by atoms with Crippen LogP contribution in [0.25, 0.3) is 0 Å². The Morgan fingerprint density at radius 3 is 2.17 bits per heavy atom. The topological polar surface area (TPSA) is 69.4 Å². The minimum atomic E-state index is -2.28. The van der Waals surface area contributed by atoms with Crippen molar-refractivity contribution in [2.75, 3.05) is 0 Å². The summed E-state index contributed by atoms with van der Waals surface area (Å²) < 4.78 is 2.96. The largest absolute Gasteiger partial charge is 0.449 e. The van der Waals surface area contributed by atoms with Gasteiger partial charge in [0.1, 0.15) is 0 Å². The molecule has 8 heteroatoms. The number of esters is 1. The lowest BCUT2D eigenvalue weighted by Gasteiger charge is -2.21. The summed E-state index contributed by atoms with van der Waals surface area (Å²) in [5, 5.41) is 11.2. The first kappa shape index (κ1) is 17.5. The molecule has 0 fully saturated rings. The molecule has 0 aliphatic heterocycles. The van der Waals surface area contributed by atoms with Crippen LogP contribution < -0.4 is 0 Å². The van der Waals surface area contributed by atoms with E-state index in [4.69, 9.17) is 39.5 Å². The van der Waals surface area contributed by atoms with Gasteiger partial charge in [0.05, 0.1) is 10.5 Å². The van der Waals surface area contributed by atoms with E-state index < -0.39 is 20.8 Å². The van der Waals surface area contributed by atoms with Crippen LogP contribution in [-0.4, -0.2) is 14.7 Å². The summed E-state index contributed by atoms with van der Waals surface area (Å²) in [6, 6.07) is 14.4. The van der Waals surface area contributed by atoms with Crippen LogP contribution in [0.5, 0.6) is 0 Å². The second-order valence-corrected chi connectivity index (χ2v) is 6.79. The Morgan fingerprint density at radius 1 is 1.04 bits per heavy atom. The van der Waals surface area contributed by atoms with Gasteiger partial charge in [0, 0.05) is 6.07 Å². The second kappa shape index (κ2) is 7.17. The van der Waals surface area contributed by atoms with Crippen molar-refractivity contribution in [2.45, 2.75) is 9.90 Å². The highest BCUT2D eigenvalue weighted by atomic mass is 35.6. The van der Waals surface area contributed by atoms with Gasteiger partial charge < -0.3 is 4.74 Å². The summed E-state index contributed by atoms with van der Waals surface area (Å²) in [4.78, 5) is 22.6. The van der Waals surface area contributed by atoms with Crippen molar-refractivity contribution >= 4 is 46.5 Å². The van der Waals surface area contributed by atoms with Crippen molar-refractivity contribution in [3.05, 3.63) is 75.8 Å². The molecule has 120 valence electrons. The summed E-state index contributed by atoms with van der Waals surface area (Å²) in [5.74, 6) is -1.12. The molecule has 0 aromatic heterocycles. The first-order valence-corrected chi connectivity index (χ1v) is 7.50. The number of alkyl halides is 3. The van der Waals surface area contributed by atoms with Crippen LogP contribution in [0.2, 0.25) is 0 Å². The number of nitro groups is 1. The van der Waals surface area contributed by atoms with Crippen LogP contribution in [0.3, 0.4) is 0 Å². The number of hydrogen-bond donors (Lipinski definition) is 0. The molecule has 0 N–H and O–H groups in total. The van der Waals surface area contributed by atoms with Gasteiger partial charge in [-0.3, -0.25) is 10.1 Å². The molecule has 2 aromatic rings. The van der Waals surface area contributed by atoms with E-state index in [-0.39, 0.29) is 11.3 Å². The van der Waals surface area contributed by atoms with Crippen molar-refractivity contribution in [1.29, 1.82) is 0 Å². The van der Waals surface area contributed by atoms with Gasteiger partial charge >= 0.3 is 5.97 Å². The molecule has 1 unspecified atom stereocenters. The summed E-state index contributed by atoms with van der Waals surface area (Å²) in [7, 11) is 0. The summed E-state index contributed by atoms with van der Waals surface area (Å²) in [5.41, 5.74) is 0.508. The van der Waals surface area contributed by atoms with Crippen molar-refractivity contribution in [2.24, 2.45) is 0 Å². The van der Waals surface area contributed by atoms with E-state index in [0.29, 0.717) is 5.56 Å². The number of carbonyl (C=O) groups excluding carboxylic acids is 1. The van der Waals surface area contributed by atoms with Crippen LogP contribution >= 0.6 is 34.8 Å². The van der Waals surface area contributed by atoms with E-state index in [0.717, 1.165) is 0 Å². The Kier molecular flexibility index (Phi) is 5.46. The van der Waals surface area contributed by atoms with Gasteiger partial charge in [0.25, 0.3) is 9.48 Å². The molecule has 5 nitrogen and oxygen atoms in total. The summed E-state index contributed by atoms with van der Waals surface area (Å²) in [6.45, 7) is 0. The molecule has 0 aliphatic rings. The number of nitrogens with zero attached hydrogens (tertiary/aromatic N) is 1. The minimum absolute atomic E-state index is 0.186. The van der Waals surface area contributed by atoms with Crippen molar-refractivity contribution < 1.29 is 14.5 Å². The van der Waals surface area contributed by atoms with Gasteiger partial charge in [-0.05, 0) is 11.6 Å². The highest BCUT2D eigenvalue weighted by Crippen LogP contribution is 2.36. The number of benzene rings is 2. The van der Waals surface area contributed by atoms with E-state index >= 15 is 0 Å². The van der Waals surface area contributed by atoms with Crippen LogP contribution in [0.4, 0.5) is 5.69 Å². The first-order chi connectivity index (χ1) is 10.8. The van der Waals surface area contributed by atoms with Crippen molar-refractivity contribution in [1.82, 2.24) is 0 Å². The first-order valence-electron chi connectivity index (χ1n) is 6.37. The number of ether oxygens (including phenoxy) is 1. The van der Waals surface area contributed by atoms with Gasteiger partial charge in [0.15, 0.2) is 6.10 Å². The highest BCUT2D eigenvalue weighted by Gasteiger charge is 2.36. The fraction of sp³-hybridized carbons (Fsp3) is 0.133. The highest BCUT2D eigenvalue weighted by molar-refractivity contribution is 6.75. The maximum absolute atomic E-state index is 11.9. The predicted molar refractivity (Wildman–Crippen MR) is 87.8 cm³/mol. The van der Waals surface area contributed by atoms with Crippen LogP contribution in [-0.2, 0) is 9.53 Å². The molecule has 0 radical (unpaired) electrons. The Hall–Kier alpha value is -1.82. The third-order valence-electron chi connectivity index (χ3n) is 2.97. The van der Waals surface area contributed by atoms with E-state index in [1.165, 1.54) is 18.2 Å². The number of rotatable bonds is 4. The van der Waals surface area contributed by atoms with Crippen LogP contribution in [0, 0.1) is 10.1 Å². The molecule has 0 aliphatic carbocycles. The third kappa shape index (κ3) is 4.34. The van der Waals surface area contributed by atoms with Gasteiger partial charge in [-0.25, -0.2) is 4.79 Å². The van der Waals surface area contributed by atoms with Gasteiger partial charge in [-0.15, -0.1) is 0 Å². The molecule has 23 heavy (non-hydrogen) atoms. The molecule has 2 rings (SSSR count). The molecule has 0 saturated carbocycles. The SMILES string of the molecule is O=C(OC(c1ccccc1)c1ccccc1[N+](=O)[O-])C(Cl)(Cl)Cl. The van der Waals surface area contributed by atoms with E-state index in [1.54, 1.807) is 36.4 Å². The standard InChI is InChI=1S/C15H10Cl3NO4/c16-15(17,18)14(20)23-13(10-6-2-1-3-7-10)11-8-4-5-9-12(11)19(21)22/h1-9,13H. The Balaban J connectivity index is 2.51. The van der Waals surface area contributed by atoms with E-state index in [9.17, 15) is 14.9 Å². The summed E-state index contributed by atoms with van der Waals surface area (Å²) in [6.07, 6.45) is -1.07. The molecule has 0 spiro atoms. The van der Waals surface area contributed by atoms with Gasteiger partial charge in [-0.2, -0.15) is 0 Å². The fourth-order valence-corrected chi connectivity index (χ4v) is 2.12. The lowest BCUT2D eigenvalue weighted by molar-refractivity contribution is -0.386. The molecular weight excluding hydrogens is 365 g/mol. The monoisotopic (exact) mass is 373 g/mol. The molecular formula is C15H10Cl3NO4. The van der Waals surface area contributed by atoms with E-state index in [1.807, 2.05) is 0 Å². The Morgan fingerprint density at radius 2 is 1.61 bits per heavy atom. The normalized spacial score (nSPS) is 12.5. The maximum atomic E-state index is 11.9. The number of carbonyl (C=O) groups is 1. The fourth-order valence-electron chi connectivity index (χ4n) is 1.99. The minimum Gasteiger partial charge on any atom is -0.449 e. The van der Waals surface area contributed by atoms with Gasteiger partial charge in [0.2, 0.25) is 0 Å². The predicted octanol–water partition coefficient (Wildman–Crippen LogP) is 4.60. The van der Waals surface area contributed by atoms with Crippen molar-refractivity contribution in [3.63, 3.8) is 0 Å². The Bertz CT molecular complexity index is 716. The van der Waals surface area contributed by atoms with Crippen LogP contribution in [0.15, 0.2) is 54.6 Å². The lowest BCUT2D eigenvalue weighted by atomic mass is 10.00. The van der Waals surface area contributed by atoms with Gasteiger partial charge in [-0.1, -0.05) is 77.3 Å². The molecule has 0 amide bonds. The molecule has 0 saturated heterocycles. The zero-order valence-electron chi connectivity index (χ0n) is 11.5. The third-order valence-corrected chi connectivity index (χ3v) is 3.44. The average molecular weight is 375 g/mol. The number of nitro benzene ring substituents is 1. The smallest absolute Gasteiger partial charge is 0.359 e. The number of hydrogen-bond acceptors (Lipinski definition) is 4. The zero-order chi connectivity index (χ0) is 17.0. The van der Waals surface area contributed by atoms with Crippen LogP contribution in [0.1, 0.15) is 17.2 Å². The lowest BCUT2D eigenvalue weighted by Crippen LogP contribution is -2.25. The average Bonchev–Trinajstić information content (AvgIpc) is 2.52. The molecule has 2 aromatic carbocycles. The second-order valence-electron chi connectivity index (χ2n) is 4.51. The molecule has 0 bridgehead atoms. The zero-order valence-corrected chi connectivity index (χ0v) is 13.8. The van der Waals surface area contributed by atoms with Crippen molar-refractivity contribution in [3.8, 4) is 0 Å². The number of para-hydroxylation sites is 1. The molecule has 0 heterocycles. The maximum Gasteiger partial charge on any atom is 0.359 e. The molecule has 1 atom stereocenters. The van der Waals surface area contributed by atoms with E-state index in [2.05, 4.69) is 0 Å². The quantitative estimate of drug-likeness (QED) is 0.339. The Labute approximate surface area is 146 Å².